The second-order valence-corrected chi connectivity index (χ2v) is 5.32. The summed E-state index contributed by atoms with van der Waals surface area (Å²) >= 11 is 0. The van der Waals surface area contributed by atoms with Gasteiger partial charge in [-0.05, 0) is 26.8 Å². The molecule has 0 aliphatic carbocycles. The molecule has 0 saturated carbocycles. The van der Waals surface area contributed by atoms with E-state index in [1.807, 2.05) is 6.92 Å². The lowest BCUT2D eigenvalue weighted by Crippen LogP contribution is -2.42. The van der Waals surface area contributed by atoms with E-state index in [-0.39, 0.29) is 17.7 Å². The Balaban J connectivity index is 1.98. The van der Waals surface area contributed by atoms with Gasteiger partial charge in [-0.1, -0.05) is 12.1 Å². The van der Waals surface area contributed by atoms with Gasteiger partial charge in [-0.2, -0.15) is 0 Å². The molecule has 1 atom stereocenters. The van der Waals surface area contributed by atoms with Gasteiger partial charge in [0.15, 0.2) is 0 Å². The van der Waals surface area contributed by atoms with E-state index < -0.39 is 0 Å². The smallest absolute Gasteiger partial charge is 0.334 e. The lowest BCUT2D eigenvalue weighted by molar-refractivity contribution is -0.143. The molecule has 0 aromatic rings. The van der Waals surface area contributed by atoms with Crippen molar-refractivity contribution >= 4 is 11.7 Å². The molecule has 5 nitrogen and oxygen atoms in total. The highest BCUT2D eigenvalue weighted by Crippen LogP contribution is 2.37. The first-order valence-electron chi connectivity index (χ1n) is 6.67. The molecule has 0 radical (unpaired) electrons. The number of hydrogen-bond donors (Lipinski definition) is 0. The molecule has 1 unspecified atom stereocenters. The van der Waals surface area contributed by atoms with Crippen LogP contribution in [0.5, 0.6) is 0 Å². The van der Waals surface area contributed by atoms with Gasteiger partial charge in [0.2, 0.25) is 0 Å². The quantitative estimate of drug-likeness (QED) is 0.554. The minimum Gasteiger partial charge on any atom is -0.365 e. The summed E-state index contributed by atoms with van der Waals surface area (Å²) in [6.45, 7) is 5.84. The normalized spacial score (nSPS) is 29.9. The maximum absolute atomic E-state index is 11.1. The summed E-state index contributed by atoms with van der Waals surface area (Å²) in [5.74, 6) is -0.293. The maximum atomic E-state index is 11.1. The highest BCUT2D eigenvalue weighted by atomic mass is 16.7. The van der Waals surface area contributed by atoms with Crippen molar-refractivity contribution in [3.63, 3.8) is 0 Å². The van der Waals surface area contributed by atoms with E-state index in [2.05, 4.69) is 17.1 Å². The van der Waals surface area contributed by atoms with Gasteiger partial charge in [0.25, 0.3) is 0 Å². The van der Waals surface area contributed by atoms with Crippen LogP contribution in [0.25, 0.3) is 0 Å². The highest BCUT2D eigenvalue weighted by molar-refractivity contribution is 5.91. The molecule has 2 saturated heterocycles. The molecule has 0 amide bonds. The van der Waals surface area contributed by atoms with Gasteiger partial charge in [-0.25, -0.2) is 4.79 Å². The number of piperidine rings is 1. The number of hydrogen-bond acceptors (Lipinski definition) is 5. The molecule has 5 heteroatoms. The van der Waals surface area contributed by atoms with E-state index >= 15 is 0 Å². The SMILES string of the molecule is CCC(=O)O/N=C1/CC2(CCN(C)CC2)OC1C. The first-order valence-corrected chi connectivity index (χ1v) is 6.67. The van der Waals surface area contributed by atoms with Crippen LogP contribution in [0.4, 0.5) is 0 Å². The zero-order valence-corrected chi connectivity index (χ0v) is 11.4. The van der Waals surface area contributed by atoms with Gasteiger partial charge in [-0.3, -0.25) is 0 Å². The van der Waals surface area contributed by atoms with E-state index in [1.165, 1.54) is 0 Å². The molecule has 1 spiro atoms. The number of carbonyl (C=O) groups excluding carboxylic acids is 1. The van der Waals surface area contributed by atoms with Crippen LogP contribution in [0.2, 0.25) is 0 Å². The van der Waals surface area contributed by atoms with Crippen molar-refractivity contribution in [2.45, 2.75) is 51.2 Å². The third kappa shape index (κ3) is 2.90. The standard InChI is InChI=1S/C13H22N2O3/c1-4-12(16)18-14-11-9-13(17-10(11)2)5-7-15(3)8-6-13/h10H,4-9H2,1-3H3/b14-11-. The van der Waals surface area contributed by atoms with Crippen LogP contribution in [0.3, 0.4) is 0 Å². The molecule has 2 rings (SSSR count). The highest BCUT2D eigenvalue weighted by Gasteiger charge is 2.44. The molecule has 2 fully saturated rings. The Kier molecular flexibility index (Phi) is 4.02. The molecule has 18 heavy (non-hydrogen) atoms. The molecule has 102 valence electrons. The van der Waals surface area contributed by atoms with Gasteiger partial charge in [0.05, 0.1) is 17.4 Å². The van der Waals surface area contributed by atoms with Gasteiger partial charge in [-0.15, -0.1) is 0 Å². The Labute approximate surface area is 108 Å². The van der Waals surface area contributed by atoms with Crippen molar-refractivity contribution in [3.05, 3.63) is 0 Å². The first-order chi connectivity index (χ1) is 8.54. The van der Waals surface area contributed by atoms with Gasteiger partial charge < -0.3 is 14.5 Å². The molecule has 2 aliphatic rings. The van der Waals surface area contributed by atoms with Crippen molar-refractivity contribution in [3.8, 4) is 0 Å². The number of ether oxygens (including phenoxy) is 1. The van der Waals surface area contributed by atoms with Crippen LogP contribution < -0.4 is 0 Å². The molecule has 0 bridgehead atoms. The Hall–Kier alpha value is -0.940. The molecule has 0 N–H and O–H groups in total. The topological polar surface area (TPSA) is 51.1 Å². The minimum atomic E-state index is -0.293. The fraction of sp³-hybridized carbons (Fsp3) is 0.846. The monoisotopic (exact) mass is 254 g/mol. The average Bonchev–Trinajstić information content (AvgIpc) is 2.67. The van der Waals surface area contributed by atoms with Gasteiger partial charge in [0.1, 0.15) is 0 Å². The molecule has 2 aliphatic heterocycles. The molecule has 0 aromatic heterocycles. The maximum Gasteiger partial charge on any atom is 0.334 e. The third-order valence-electron chi connectivity index (χ3n) is 3.85. The predicted octanol–water partition coefficient (Wildman–Crippen LogP) is 1.57. The predicted molar refractivity (Wildman–Crippen MR) is 68.4 cm³/mol. The fourth-order valence-electron chi connectivity index (χ4n) is 2.56. The van der Waals surface area contributed by atoms with Crippen molar-refractivity contribution in [1.29, 1.82) is 0 Å². The van der Waals surface area contributed by atoms with Gasteiger partial charge in [0, 0.05) is 25.9 Å². The van der Waals surface area contributed by atoms with E-state index in [1.54, 1.807) is 6.92 Å². The van der Waals surface area contributed by atoms with Gasteiger partial charge >= 0.3 is 5.97 Å². The van der Waals surface area contributed by atoms with Crippen LogP contribution in [0, 0.1) is 0 Å². The molecule has 2 heterocycles. The fourth-order valence-corrected chi connectivity index (χ4v) is 2.56. The average molecular weight is 254 g/mol. The number of rotatable bonds is 2. The van der Waals surface area contributed by atoms with Crippen LogP contribution in [0.15, 0.2) is 5.16 Å². The van der Waals surface area contributed by atoms with Crippen LogP contribution in [-0.2, 0) is 14.4 Å². The number of carbonyl (C=O) groups is 1. The lowest BCUT2D eigenvalue weighted by atomic mass is 9.88. The Morgan fingerprint density at radius 2 is 2.22 bits per heavy atom. The van der Waals surface area contributed by atoms with Crippen molar-refractivity contribution in [2.24, 2.45) is 5.16 Å². The summed E-state index contributed by atoms with van der Waals surface area (Å²) in [7, 11) is 2.13. The molecular weight excluding hydrogens is 232 g/mol. The molecular formula is C13H22N2O3. The Morgan fingerprint density at radius 1 is 1.56 bits per heavy atom. The van der Waals surface area contributed by atoms with E-state index in [0.29, 0.717) is 6.42 Å². The van der Waals surface area contributed by atoms with Crippen molar-refractivity contribution in [1.82, 2.24) is 4.90 Å². The Bertz CT molecular complexity index is 346. The number of likely N-dealkylation sites (tertiary alicyclic amines) is 1. The summed E-state index contributed by atoms with van der Waals surface area (Å²) < 4.78 is 6.07. The first kappa shape index (κ1) is 13.5. The van der Waals surface area contributed by atoms with E-state index in [9.17, 15) is 4.79 Å². The zero-order chi connectivity index (χ0) is 13.2. The second-order valence-electron chi connectivity index (χ2n) is 5.32. The molecule has 0 aromatic carbocycles. The summed E-state index contributed by atoms with van der Waals surface area (Å²) in [5, 5.41) is 3.97. The summed E-state index contributed by atoms with van der Waals surface area (Å²) in [6, 6.07) is 0. The largest absolute Gasteiger partial charge is 0.365 e. The van der Waals surface area contributed by atoms with E-state index in [4.69, 9.17) is 9.57 Å². The van der Waals surface area contributed by atoms with Crippen LogP contribution in [0.1, 0.15) is 39.5 Å². The van der Waals surface area contributed by atoms with Crippen LogP contribution in [-0.4, -0.2) is 48.4 Å². The van der Waals surface area contributed by atoms with Crippen LogP contribution >= 0.6 is 0 Å². The van der Waals surface area contributed by atoms with Crippen molar-refractivity contribution in [2.75, 3.05) is 20.1 Å². The lowest BCUT2D eigenvalue weighted by Gasteiger charge is -2.36. The summed E-state index contributed by atoms with van der Waals surface area (Å²) in [4.78, 5) is 18.3. The summed E-state index contributed by atoms with van der Waals surface area (Å²) in [6.07, 6.45) is 3.14. The zero-order valence-electron chi connectivity index (χ0n) is 11.4. The van der Waals surface area contributed by atoms with E-state index in [0.717, 1.165) is 38.1 Å². The third-order valence-corrected chi connectivity index (χ3v) is 3.85. The number of nitrogens with zero attached hydrogens (tertiary/aromatic N) is 2. The number of oxime groups is 1. The summed E-state index contributed by atoms with van der Waals surface area (Å²) in [5.41, 5.74) is 0.782. The minimum absolute atomic E-state index is 0.0435. The van der Waals surface area contributed by atoms with Crippen molar-refractivity contribution < 1.29 is 14.4 Å². The Morgan fingerprint density at radius 3 is 2.83 bits per heavy atom. The second kappa shape index (κ2) is 5.36.